The second kappa shape index (κ2) is 9.00. The summed E-state index contributed by atoms with van der Waals surface area (Å²) in [6.07, 6.45) is 4.72. The third-order valence-corrected chi connectivity index (χ3v) is 5.00. The molecule has 156 valence electrons. The summed E-state index contributed by atoms with van der Waals surface area (Å²) < 4.78 is 21.0. The minimum Gasteiger partial charge on any atom is -0.493 e. The third-order valence-electron chi connectivity index (χ3n) is 5.00. The molecule has 2 atom stereocenters. The molecule has 1 unspecified atom stereocenters. The molecule has 2 bridgehead atoms. The highest BCUT2D eigenvalue weighted by Gasteiger charge is 2.31. The van der Waals surface area contributed by atoms with Gasteiger partial charge >= 0.3 is 11.9 Å². The van der Waals surface area contributed by atoms with E-state index >= 15 is 0 Å². The maximum absolute atomic E-state index is 12.4. The average molecular weight is 403 g/mol. The Morgan fingerprint density at radius 3 is 2.72 bits per heavy atom. The lowest BCUT2D eigenvalue weighted by Crippen LogP contribution is -2.29. The van der Waals surface area contributed by atoms with Crippen LogP contribution in [0.25, 0.3) is 0 Å². The number of esters is 2. The van der Waals surface area contributed by atoms with Crippen LogP contribution in [0.4, 0.5) is 0 Å². The number of fused-ring (bicyclic) bond motifs is 1. The van der Waals surface area contributed by atoms with Crippen LogP contribution >= 0.6 is 0 Å². The zero-order chi connectivity index (χ0) is 21.0. The Morgan fingerprint density at radius 1 is 1.24 bits per heavy atom. The first-order chi connectivity index (χ1) is 14.0. The summed E-state index contributed by atoms with van der Waals surface area (Å²) in [5, 5.41) is 10.3. The summed E-state index contributed by atoms with van der Waals surface area (Å²) in [4.78, 5) is 25.9. The Balaban J connectivity index is 2.06. The molecule has 0 amide bonds. The summed E-state index contributed by atoms with van der Waals surface area (Å²) in [5.74, 6) is -0.0351. The molecule has 8 nitrogen and oxygen atoms in total. The summed E-state index contributed by atoms with van der Waals surface area (Å²) in [6, 6.07) is 3.73. The summed E-state index contributed by atoms with van der Waals surface area (Å²) in [6.45, 7) is 0.627. The van der Waals surface area contributed by atoms with Crippen molar-refractivity contribution in [3.8, 4) is 11.5 Å². The number of carbonyl (C=O) groups excluding carboxylic acids is 2. The minimum atomic E-state index is -0.699. The highest BCUT2D eigenvalue weighted by molar-refractivity contribution is 5.95. The van der Waals surface area contributed by atoms with Crippen LogP contribution < -0.4 is 9.47 Å². The van der Waals surface area contributed by atoms with Gasteiger partial charge in [0, 0.05) is 31.5 Å². The van der Waals surface area contributed by atoms with E-state index in [4.69, 9.17) is 14.2 Å². The van der Waals surface area contributed by atoms with Crippen molar-refractivity contribution in [1.29, 1.82) is 0 Å². The Hall–Kier alpha value is -3.00. The van der Waals surface area contributed by atoms with E-state index in [1.165, 1.54) is 14.2 Å². The van der Waals surface area contributed by atoms with Gasteiger partial charge in [0.2, 0.25) is 0 Å². The highest BCUT2D eigenvalue weighted by atomic mass is 16.5. The van der Waals surface area contributed by atoms with Crippen molar-refractivity contribution in [2.24, 2.45) is 0 Å². The SMILES string of the molecule is COC(=O)/C=C(\C(=O)OC)N1C/C=C/[C@H](O)CC2Cc3c(ccc(OC)c3O2)C1. The number of nitrogens with zero attached hydrogens (tertiary/aromatic N) is 1. The van der Waals surface area contributed by atoms with Crippen LogP contribution in [-0.4, -0.2) is 62.0 Å². The van der Waals surface area contributed by atoms with E-state index in [-0.39, 0.29) is 11.8 Å². The number of hydrogen-bond acceptors (Lipinski definition) is 8. The number of rotatable bonds is 4. The van der Waals surface area contributed by atoms with Crippen molar-refractivity contribution in [2.75, 3.05) is 27.9 Å². The molecule has 0 aromatic heterocycles. The van der Waals surface area contributed by atoms with Crippen LogP contribution in [0.3, 0.4) is 0 Å². The smallest absolute Gasteiger partial charge is 0.354 e. The van der Waals surface area contributed by atoms with Gasteiger partial charge in [-0.15, -0.1) is 0 Å². The Bertz CT molecular complexity index is 846. The van der Waals surface area contributed by atoms with Crippen molar-refractivity contribution >= 4 is 11.9 Å². The van der Waals surface area contributed by atoms with E-state index in [1.54, 1.807) is 24.2 Å². The minimum absolute atomic E-state index is 0.0674. The summed E-state index contributed by atoms with van der Waals surface area (Å²) in [7, 11) is 4.07. The fourth-order valence-corrected chi connectivity index (χ4v) is 3.58. The van der Waals surface area contributed by atoms with E-state index in [1.807, 2.05) is 12.1 Å². The van der Waals surface area contributed by atoms with Gasteiger partial charge in [-0.3, -0.25) is 0 Å². The van der Waals surface area contributed by atoms with Gasteiger partial charge < -0.3 is 29.0 Å². The summed E-state index contributed by atoms with van der Waals surface area (Å²) in [5.41, 5.74) is 1.97. The fourth-order valence-electron chi connectivity index (χ4n) is 3.58. The van der Waals surface area contributed by atoms with Crippen LogP contribution in [0.5, 0.6) is 11.5 Å². The second-order valence-corrected chi connectivity index (χ2v) is 6.83. The number of aliphatic hydroxyl groups is 1. The molecule has 0 saturated carbocycles. The molecule has 1 aromatic rings. The van der Waals surface area contributed by atoms with Crippen LogP contribution in [0, 0.1) is 0 Å². The van der Waals surface area contributed by atoms with Gasteiger partial charge in [0.15, 0.2) is 11.5 Å². The standard InChI is InChI=1S/C21H25NO7/c1-26-18-7-6-13-12-22(17(21(25)28-3)11-19(24)27-2)8-4-5-14(23)9-15-10-16(13)20(18)29-15/h4-7,11,14-15,23H,8-10,12H2,1-3H3/b5-4+,17-11+/t14-,15?/m0/s1. The zero-order valence-electron chi connectivity index (χ0n) is 16.7. The van der Waals surface area contributed by atoms with Gasteiger partial charge in [-0.25, -0.2) is 9.59 Å². The molecular formula is C21H25NO7. The van der Waals surface area contributed by atoms with Crippen molar-refractivity contribution in [1.82, 2.24) is 4.90 Å². The van der Waals surface area contributed by atoms with Gasteiger partial charge in [-0.05, 0) is 11.6 Å². The number of carbonyl (C=O) groups is 2. The molecule has 0 spiro atoms. The molecule has 8 heteroatoms. The van der Waals surface area contributed by atoms with Gasteiger partial charge in [-0.1, -0.05) is 18.2 Å². The molecule has 3 rings (SSSR count). The van der Waals surface area contributed by atoms with Crippen molar-refractivity contribution < 1.29 is 33.6 Å². The van der Waals surface area contributed by atoms with Crippen molar-refractivity contribution in [3.63, 3.8) is 0 Å². The largest absolute Gasteiger partial charge is 0.493 e. The molecule has 1 N–H and O–H groups in total. The maximum Gasteiger partial charge on any atom is 0.354 e. The maximum atomic E-state index is 12.4. The molecular weight excluding hydrogens is 378 g/mol. The predicted molar refractivity (Wildman–Crippen MR) is 103 cm³/mol. The number of benzene rings is 1. The van der Waals surface area contributed by atoms with E-state index in [0.717, 1.165) is 17.2 Å². The first-order valence-electron chi connectivity index (χ1n) is 9.29. The molecule has 2 aliphatic heterocycles. The lowest BCUT2D eigenvalue weighted by atomic mass is 9.99. The number of methoxy groups -OCH3 is 3. The Kier molecular flexibility index (Phi) is 6.43. The number of aliphatic hydroxyl groups excluding tert-OH is 1. The fraction of sp³-hybridized carbons (Fsp3) is 0.429. The van der Waals surface area contributed by atoms with Crippen LogP contribution in [0.2, 0.25) is 0 Å². The molecule has 0 aliphatic carbocycles. The molecule has 1 aromatic carbocycles. The van der Waals surface area contributed by atoms with Crippen LogP contribution in [0.15, 0.2) is 36.1 Å². The van der Waals surface area contributed by atoms with Crippen LogP contribution in [-0.2, 0) is 32.0 Å². The third kappa shape index (κ3) is 4.54. The molecule has 29 heavy (non-hydrogen) atoms. The van der Waals surface area contributed by atoms with E-state index < -0.39 is 18.0 Å². The Labute approximate surface area is 169 Å². The molecule has 2 heterocycles. The monoisotopic (exact) mass is 403 g/mol. The van der Waals surface area contributed by atoms with Crippen LogP contribution in [0.1, 0.15) is 17.5 Å². The lowest BCUT2D eigenvalue weighted by molar-refractivity contribution is -0.140. The first kappa shape index (κ1) is 20.7. The van der Waals surface area contributed by atoms with Gasteiger partial charge in [0.05, 0.1) is 33.5 Å². The van der Waals surface area contributed by atoms with Gasteiger partial charge in [0.25, 0.3) is 0 Å². The van der Waals surface area contributed by atoms with Crippen molar-refractivity contribution in [3.05, 3.63) is 47.2 Å². The molecule has 0 radical (unpaired) electrons. The van der Waals surface area contributed by atoms with E-state index in [9.17, 15) is 14.7 Å². The van der Waals surface area contributed by atoms with Gasteiger partial charge in [-0.2, -0.15) is 0 Å². The predicted octanol–water partition coefficient (Wildman–Crippen LogP) is 1.35. The molecule has 0 saturated heterocycles. The first-order valence-corrected chi connectivity index (χ1v) is 9.29. The Morgan fingerprint density at radius 2 is 2.03 bits per heavy atom. The zero-order valence-corrected chi connectivity index (χ0v) is 16.7. The second-order valence-electron chi connectivity index (χ2n) is 6.83. The summed E-state index contributed by atoms with van der Waals surface area (Å²) >= 11 is 0. The van der Waals surface area contributed by atoms with E-state index in [2.05, 4.69) is 4.74 Å². The normalized spacial score (nSPS) is 22.2. The van der Waals surface area contributed by atoms with E-state index in [0.29, 0.717) is 37.4 Å². The molecule has 0 fully saturated rings. The van der Waals surface area contributed by atoms with Gasteiger partial charge in [0.1, 0.15) is 11.8 Å². The van der Waals surface area contributed by atoms with Crippen molar-refractivity contribution in [2.45, 2.75) is 31.6 Å². The quantitative estimate of drug-likeness (QED) is 0.457. The molecule has 2 aliphatic rings. The number of ether oxygens (including phenoxy) is 4. The topological polar surface area (TPSA) is 94.5 Å². The average Bonchev–Trinajstić information content (AvgIpc) is 3.12. The number of hydrogen-bond donors (Lipinski definition) is 1. The lowest BCUT2D eigenvalue weighted by Gasteiger charge is -2.26. The highest BCUT2D eigenvalue weighted by Crippen LogP contribution is 2.41.